The average Bonchev–Trinajstić information content (AvgIpc) is 3.12. The first-order chi connectivity index (χ1) is 13.9. The van der Waals surface area contributed by atoms with Gasteiger partial charge < -0.3 is 21.1 Å². The molecule has 1 saturated heterocycles. The topological polar surface area (TPSA) is 98.9 Å². The zero-order valence-corrected chi connectivity index (χ0v) is 16.6. The number of likely N-dealkylation sites (tertiary alicyclic amines) is 1. The lowest BCUT2D eigenvalue weighted by atomic mass is 10.0. The first-order valence-electron chi connectivity index (χ1n) is 9.79. The summed E-state index contributed by atoms with van der Waals surface area (Å²) < 4.78 is 0. The highest BCUT2D eigenvalue weighted by atomic mass is 16.3. The molecule has 0 radical (unpaired) electrons. The number of β-amino-alcohol motifs (C(OH)–C–C–N with tert-alkyl or cyclic N) is 1. The molecule has 3 amide bonds. The maximum atomic E-state index is 13.0. The zero-order chi connectivity index (χ0) is 20.8. The number of anilines is 1. The largest absolute Gasteiger partial charge is 0.392 e. The third-order valence-electron chi connectivity index (χ3n) is 5.30. The molecule has 2 atom stereocenters. The number of benzene rings is 2. The summed E-state index contributed by atoms with van der Waals surface area (Å²) in [5, 5.41) is 12.4. The van der Waals surface area contributed by atoms with E-state index in [1.165, 1.54) is 0 Å². The van der Waals surface area contributed by atoms with Gasteiger partial charge >= 0.3 is 6.03 Å². The smallest absolute Gasteiger partial charge is 0.316 e. The summed E-state index contributed by atoms with van der Waals surface area (Å²) in [6.07, 6.45) is 0.740. The standard InChI is InChI=1S/C22H28N4O3/c1-25(21(28)13-16-7-9-18(10-8-16)24-22(23)29)20(17-5-3-2-4-6-17)15-26-12-11-19(27)14-26/h2-10,19-20,27H,11-15H2,1H3,(H3,23,24,29)/t19?,20-/m1/s1. The second kappa shape index (κ2) is 9.54. The molecule has 4 N–H and O–H groups in total. The molecule has 7 heteroatoms. The summed E-state index contributed by atoms with van der Waals surface area (Å²) in [4.78, 5) is 27.9. The van der Waals surface area contributed by atoms with Gasteiger partial charge in [-0.1, -0.05) is 42.5 Å². The van der Waals surface area contributed by atoms with E-state index in [1.807, 2.05) is 49.5 Å². The fourth-order valence-electron chi connectivity index (χ4n) is 3.67. The molecular weight excluding hydrogens is 368 g/mol. The summed E-state index contributed by atoms with van der Waals surface area (Å²) in [7, 11) is 1.83. The highest BCUT2D eigenvalue weighted by Crippen LogP contribution is 2.24. The van der Waals surface area contributed by atoms with Gasteiger partial charge in [0.2, 0.25) is 5.91 Å². The minimum absolute atomic E-state index is 0.00853. The number of nitrogens with two attached hydrogens (primary N) is 1. The van der Waals surface area contributed by atoms with E-state index in [9.17, 15) is 14.7 Å². The number of nitrogens with zero attached hydrogens (tertiary/aromatic N) is 2. The first-order valence-corrected chi connectivity index (χ1v) is 9.79. The summed E-state index contributed by atoms with van der Waals surface area (Å²) in [5.74, 6) is 0.00853. The van der Waals surface area contributed by atoms with Gasteiger partial charge in [0.15, 0.2) is 0 Å². The van der Waals surface area contributed by atoms with Crippen LogP contribution in [0.1, 0.15) is 23.6 Å². The van der Waals surface area contributed by atoms with Gasteiger partial charge in [0.1, 0.15) is 0 Å². The number of rotatable bonds is 7. The number of likely N-dealkylation sites (N-methyl/N-ethyl adjacent to an activating group) is 1. The summed E-state index contributed by atoms with van der Waals surface area (Å²) in [6.45, 7) is 2.16. The van der Waals surface area contributed by atoms with Crippen molar-refractivity contribution in [3.8, 4) is 0 Å². The molecule has 0 aromatic heterocycles. The lowest BCUT2D eigenvalue weighted by molar-refractivity contribution is -0.131. The van der Waals surface area contributed by atoms with Gasteiger partial charge in [-0.2, -0.15) is 0 Å². The van der Waals surface area contributed by atoms with E-state index in [-0.39, 0.29) is 24.5 Å². The minimum Gasteiger partial charge on any atom is -0.392 e. The fraction of sp³-hybridized carbons (Fsp3) is 0.364. The number of amides is 3. The average molecular weight is 396 g/mol. The predicted molar refractivity (Wildman–Crippen MR) is 112 cm³/mol. The van der Waals surface area contributed by atoms with Crippen molar-refractivity contribution >= 4 is 17.6 Å². The second-order valence-electron chi connectivity index (χ2n) is 7.50. The molecule has 7 nitrogen and oxygen atoms in total. The van der Waals surface area contributed by atoms with Gasteiger partial charge in [0, 0.05) is 32.4 Å². The van der Waals surface area contributed by atoms with Crippen molar-refractivity contribution < 1.29 is 14.7 Å². The Morgan fingerprint density at radius 1 is 1.21 bits per heavy atom. The number of hydrogen-bond acceptors (Lipinski definition) is 4. The highest BCUT2D eigenvalue weighted by Gasteiger charge is 2.28. The van der Waals surface area contributed by atoms with E-state index < -0.39 is 6.03 Å². The molecule has 2 aromatic carbocycles. The van der Waals surface area contributed by atoms with Crippen LogP contribution in [0, 0.1) is 0 Å². The van der Waals surface area contributed by atoms with E-state index >= 15 is 0 Å². The Hall–Kier alpha value is -2.90. The van der Waals surface area contributed by atoms with Crippen LogP contribution in [0.5, 0.6) is 0 Å². The van der Waals surface area contributed by atoms with Gasteiger partial charge in [0.25, 0.3) is 0 Å². The van der Waals surface area contributed by atoms with Crippen LogP contribution in [0.15, 0.2) is 54.6 Å². The van der Waals surface area contributed by atoms with Crippen LogP contribution >= 0.6 is 0 Å². The molecule has 0 saturated carbocycles. The Balaban J connectivity index is 1.70. The molecule has 0 aliphatic carbocycles. The van der Waals surface area contributed by atoms with Crippen LogP contribution < -0.4 is 11.1 Å². The van der Waals surface area contributed by atoms with E-state index in [0.29, 0.717) is 18.8 Å². The van der Waals surface area contributed by atoms with Crippen LogP contribution in [-0.2, 0) is 11.2 Å². The third-order valence-corrected chi connectivity index (χ3v) is 5.30. The molecule has 1 aliphatic heterocycles. The molecule has 2 aromatic rings. The summed E-state index contributed by atoms with van der Waals surface area (Å²) in [5.41, 5.74) is 7.65. The minimum atomic E-state index is -0.619. The van der Waals surface area contributed by atoms with Crippen LogP contribution in [-0.4, -0.2) is 59.6 Å². The first kappa shape index (κ1) is 20.8. The lowest BCUT2D eigenvalue weighted by Crippen LogP contribution is -2.39. The Morgan fingerprint density at radius 2 is 1.90 bits per heavy atom. The molecule has 1 unspecified atom stereocenters. The molecule has 1 fully saturated rings. The van der Waals surface area contributed by atoms with Crippen LogP contribution in [0.25, 0.3) is 0 Å². The van der Waals surface area contributed by atoms with Crippen molar-refractivity contribution in [2.45, 2.75) is 25.0 Å². The van der Waals surface area contributed by atoms with E-state index in [4.69, 9.17) is 5.73 Å². The third kappa shape index (κ3) is 5.79. The Kier molecular flexibility index (Phi) is 6.85. The van der Waals surface area contributed by atoms with E-state index in [1.54, 1.807) is 17.0 Å². The monoisotopic (exact) mass is 396 g/mol. The summed E-state index contributed by atoms with van der Waals surface area (Å²) in [6, 6.07) is 16.3. The Morgan fingerprint density at radius 3 is 2.48 bits per heavy atom. The highest BCUT2D eigenvalue weighted by molar-refractivity contribution is 5.87. The predicted octanol–water partition coefficient (Wildman–Crippen LogP) is 1.99. The number of primary amides is 1. The molecule has 3 rings (SSSR count). The van der Waals surface area contributed by atoms with Crippen molar-refractivity contribution in [2.75, 3.05) is 32.0 Å². The second-order valence-corrected chi connectivity index (χ2v) is 7.50. The number of carbonyl (C=O) groups excluding carboxylic acids is 2. The molecule has 0 spiro atoms. The number of carbonyl (C=O) groups is 2. The Bertz CT molecular complexity index is 826. The van der Waals surface area contributed by atoms with Gasteiger partial charge in [-0.15, -0.1) is 0 Å². The molecule has 29 heavy (non-hydrogen) atoms. The number of nitrogens with one attached hydrogen (secondary N) is 1. The number of hydrogen-bond donors (Lipinski definition) is 3. The van der Waals surface area contributed by atoms with Crippen molar-refractivity contribution in [1.82, 2.24) is 9.80 Å². The maximum absolute atomic E-state index is 13.0. The number of urea groups is 1. The molecule has 154 valence electrons. The molecule has 1 heterocycles. The van der Waals surface area contributed by atoms with E-state index in [0.717, 1.165) is 24.1 Å². The van der Waals surface area contributed by atoms with Crippen molar-refractivity contribution in [3.05, 3.63) is 65.7 Å². The van der Waals surface area contributed by atoms with Crippen molar-refractivity contribution in [2.24, 2.45) is 5.73 Å². The van der Waals surface area contributed by atoms with Gasteiger partial charge in [-0.05, 0) is 29.7 Å². The SMILES string of the molecule is CN(C(=O)Cc1ccc(NC(N)=O)cc1)[C@H](CN1CCC(O)C1)c1ccccc1. The van der Waals surface area contributed by atoms with E-state index in [2.05, 4.69) is 10.2 Å². The number of aliphatic hydroxyl groups is 1. The van der Waals surface area contributed by atoms with Gasteiger partial charge in [-0.25, -0.2) is 4.79 Å². The van der Waals surface area contributed by atoms with Gasteiger partial charge in [0.05, 0.1) is 18.6 Å². The van der Waals surface area contributed by atoms with Crippen molar-refractivity contribution in [3.63, 3.8) is 0 Å². The molecular formula is C22H28N4O3. The van der Waals surface area contributed by atoms with Crippen LogP contribution in [0.2, 0.25) is 0 Å². The number of aliphatic hydroxyl groups excluding tert-OH is 1. The zero-order valence-electron chi connectivity index (χ0n) is 16.6. The maximum Gasteiger partial charge on any atom is 0.316 e. The van der Waals surface area contributed by atoms with Crippen molar-refractivity contribution in [1.29, 1.82) is 0 Å². The molecule has 0 bridgehead atoms. The normalized spacial score (nSPS) is 17.7. The molecule has 1 aliphatic rings. The fourth-order valence-corrected chi connectivity index (χ4v) is 3.67. The van der Waals surface area contributed by atoms with Crippen LogP contribution in [0.3, 0.4) is 0 Å². The lowest BCUT2D eigenvalue weighted by Gasteiger charge is -2.32. The quantitative estimate of drug-likeness (QED) is 0.666. The van der Waals surface area contributed by atoms with Gasteiger partial charge in [-0.3, -0.25) is 9.69 Å². The Labute approximate surface area is 171 Å². The summed E-state index contributed by atoms with van der Waals surface area (Å²) >= 11 is 0. The van der Waals surface area contributed by atoms with Crippen LogP contribution in [0.4, 0.5) is 10.5 Å².